The number of ether oxygens (including phenoxy) is 1. The minimum atomic E-state index is 0.116. The number of hydrogen-bond donors (Lipinski definition) is 0. The van der Waals surface area contributed by atoms with Gasteiger partial charge in [0.25, 0.3) is 0 Å². The Bertz CT molecular complexity index is 535. The van der Waals surface area contributed by atoms with Crippen LogP contribution in [0.3, 0.4) is 0 Å². The van der Waals surface area contributed by atoms with Crippen LogP contribution in [0.4, 0.5) is 5.69 Å². The van der Waals surface area contributed by atoms with E-state index in [-0.39, 0.29) is 5.41 Å². The second-order valence-electron chi connectivity index (χ2n) is 8.45. The first-order valence-corrected chi connectivity index (χ1v) is 9.66. The topological polar surface area (TPSA) is 15.7 Å². The van der Waals surface area contributed by atoms with Gasteiger partial charge in [-0.2, -0.15) is 0 Å². The third kappa shape index (κ3) is 3.88. The van der Waals surface area contributed by atoms with E-state index in [9.17, 15) is 0 Å². The zero-order valence-electron chi connectivity index (χ0n) is 16.0. The van der Waals surface area contributed by atoms with Crippen LogP contribution in [-0.4, -0.2) is 44.2 Å². The summed E-state index contributed by atoms with van der Waals surface area (Å²) in [4.78, 5) is 5.28. The van der Waals surface area contributed by atoms with Crippen molar-refractivity contribution in [2.45, 2.75) is 64.3 Å². The van der Waals surface area contributed by atoms with Gasteiger partial charge in [0.15, 0.2) is 0 Å². The van der Waals surface area contributed by atoms with Crippen molar-refractivity contribution in [3.63, 3.8) is 0 Å². The number of benzene rings is 1. The van der Waals surface area contributed by atoms with Gasteiger partial charge in [0, 0.05) is 30.9 Å². The molecular weight excluding hydrogens is 296 g/mol. The van der Waals surface area contributed by atoms with Crippen molar-refractivity contribution in [3.8, 4) is 5.75 Å². The summed E-state index contributed by atoms with van der Waals surface area (Å²) in [5.74, 6) is 1.03. The van der Waals surface area contributed by atoms with Gasteiger partial charge in [0.2, 0.25) is 0 Å². The molecule has 2 heterocycles. The highest BCUT2D eigenvalue weighted by Gasteiger charge is 2.26. The number of piperidine rings is 2. The molecule has 0 radical (unpaired) electrons. The van der Waals surface area contributed by atoms with Crippen molar-refractivity contribution in [3.05, 3.63) is 23.8 Å². The molecule has 0 unspecified atom stereocenters. The molecule has 2 fully saturated rings. The normalized spacial score (nSPS) is 21.1. The summed E-state index contributed by atoms with van der Waals surface area (Å²) in [6, 6.07) is 7.58. The van der Waals surface area contributed by atoms with Crippen LogP contribution < -0.4 is 9.64 Å². The van der Waals surface area contributed by atoms with E-state index in [2.05, 4.69) is 48.8 Å². The molecule has 24 heavy (non-hydrogen) atoms. The molecule has 0 amide bonds. The van der Waals surface area contributed by atoms with E-state index < -0.39 is 0 Å². The number of rotatable bonds is 3. The van der Waals surface area contributed by atoms with E-state index in [1.165, 1.54) is 69.5 Å². The second-order valence-corrected chi connectivity index (χ2v) is 8.45. The third-order valence-electron chi connectivity index (χ3n) is 5.73. The van der Waals surface area contributed by atoms with Gasteiger partial charge in [-0.05, 0) is 55.8 Å². The molecule has 0 atom stereocenters. The fourth-order valence-electron chi connectivity index (χ4n) is 4.27. The summed E-state index contributed by atoms with van der Waals surface area (Å²) in [7, 11) is 1.79. The lowest BCUT2D eigenvalue weighted by Crippen LogP contribution is -2.46. The van der Waals surface area contributed by atoms with E-state index in [0.29, 0.717) is 0 Å². The van der Waals surface area contributed by atoms with Crippen molar-refractivity contribution in [1.29, 1.82) is 0 Å². The van der Waals surface area contributed by atoms with Gasteiger partial charge >= 0.3 is 0 Å². The molecule has 134 valence electrons. The maximum atomic E-state index is 5.68. The van der Waals surface area contributed by atoms with E-state index in [4.69, 9.17) is 4.74 Å². The Kier molecular flexibility index (Phi) is 5.39. The Morgan fingerprint density at radius 2 is 1.62 bits per heavy atom. The van der Waals surface area contributed by atoms with Gasteiger partial charge in [-0.25, -0.2) is 0 Å². The summed E-state index contributed by atoms with van der Waals surface area (Å²) in [6.07, 6.45) is 6.80. The first kappa shape index (κ1) is 17.6. The molecule has 3 nitrogen and oxygen atoms in total. The summed E-state index contributed by atoms with van der Waals surface area (Å²) in [6.45, 7) is 11.7. The molecule has 2 saturated heterocycles. The molecular formula is C21H34N2O. The van der Waals surface area contributed by atoms with E-state index in [1.807, 2.05) is 0 Å². The average molecular weight is 331 g/mol. The van der Waals surface area contributed by atoms with Gasteiger partial charge in [0.05, 0.1) is 7.11 Å². The van der Waals surface area contributed by atoms with E-state index in [1.54, 1.807) is 7.11 Å². The first-order valence-electron chi connectivity index (χ1n) is 9.66. The van der Waals surface area contributed by atoms with Crippen LogP contribution in [0.15, 0.2) is 18.2 Å². The van der Waals surface area contributed by atoms with Crippen LogP contribution >= 0.6 is 0 Å². The minimum Gasteiger partial charge on any atom is -0.496 e. The molecule has 0 aliphatic carbocycles. The van der Waals surface area contributed by atoms with Crippen molar-refractivity contribution < 1.29 is 4.74 Å². The summed E-state index contributed by atoms with van der Waals surface area (Å²) < 4.78 is 5.68. The number of hydrogen-bond acceptors (Lipinski definition) is 3. The summed E-state index contributed by atoms with van der Waals surface area (Å²) in [5, 5.41) is 0. The maximum Gasteiger partial charge on any atom is 0.124 e. The monoisotopic (exact) mass is 330 g/mol. The molecule has 2 aliphatic rings. The molecule has 1 aromatic rings. The van der Waals surface area contributed by atoms with Crippen LogP contribution in [0.5, 0.6) is 5.75 Å². The smallest absolute Gasteiger partial charge is 0.124 e. The molecule has 0 spiro atoms. The van der Waals surface area contributed by atoms with Crippen molar-refractivity contribution in [2.75, 3.05) is 38.2 Å². The molecule has 1 aromatic carbocycles. The summed E-state index contributed by atoms with van der Waals surface area (Å²) in [5.41, 5.74) is 2.72. The van der Waals surface area contributed by atoms with E-state index >= 15 is 0 Å². The quantitative estimate of drug-likeness (QED) is 0.814. The average Bonchev–Trinajstić information content (AvgIpc) is 2.61. The Morgan fingerprint density at radius 3 is 2.21 bits per heavy atom. The fourth-order valence-corrected chi connectivity index (χ4v) is 4.27. The highest BCUT2D eigenvalue weighted by atomic mass is 16.5. The number of methoxy groups -OCH3 is 1. The van der Waals surface area contributed by atoms with Crippen LogP contribution in [0.2, 0.25) is 0 Å². The molecule has 3 heteroatoms. The Morgan fingerprint density at radius 1 is 0.958 bits per heavy atom. The molecule has 0 aromatic heterocycles. The highest BCUT2D eigenvalue weighted by Crippen LogP contribution is 2.35. The predicted molar refractivity (Wildman–Crippen MR) is 102 cm³/mol. The van der Waals surface area contributed by atoms with Crippen LogP contribution in [-0.2, 0) is 5.41 Å². The van der Waals surface area contributed by atoms with Gasteiger partial charge in [-0.1, -0.05) is 33.3 Å². The van der Waals surface area contributed by atoms with Crippen LogP contribution in [0.1, 0.15) is 58.4 Å². The Balaban J connectivity index is 1.65. The number of nitrogens with zero attached hydrogens (tertiary/aromatic N) is 2. The molecule has 0 N–H and O–H groups in total. The maximum absolute atomic E-state index is 5.68. The van der Waals surface area contributed by atoms with Crippen LogP contribution in [0.25, 0.3) is 0 Å². The lowest BCUT2D eigenvalue weighted by atomic mass is 9.86. The Labute approximate surface area is 148 Å². The molecule has 0 saturated carbocycles. The standard InChI is InChI=1S/C21H34N2O/c1-21(2,3)19-9-8-18(16-20(19)24-4)23-14-10-17(11-15-23)22-12-6-5-7-13-22/h8-9,16-17H,5-7,10-15H2,1-4H3. The Hall–Kier alpha value is -1.22. The van der Waals surface area contributed by atoms with Gasteiger partial charge in [0.1, 0.15) is 5.75 Å². The number of likely N-dealkylation sites (tertiary alicyclic amines) is 1. The summed E-state index contributed by atoms with van der Waals surface area (Å²) >= 11 is 0. The van der Waals surface area contributed by atoms with Gasteiger partial charge in [-0.3, -0.25) is 0 Å². The van der Waals surface area contributed by atoms with Crippen molar-refractivity contribution >= 4 is 5.69 Å². The predicted octanol–water partition coefficient (Wildman–Crippen LogP) is 4.45. The van der Waals surface area contributed by atoms with Crippen LogP contribution in [0, 0.1) is 0 Å². The van der Waals surface area contributed by atoms with Gasteiger partial charge < -0.3 is 14.5 Å². The zero-order valence-corrected chi connectivity index (χ0v) is 16.0. The zero-order chi connectivity index (χ0) is 17.2. The van der Waals surface area contributed by atoms with Gasteiger partial charge in [-0.15, -0.1) is 0 Å². The highest BCUT2D eigenvalue weighted by molar-refractivity contribution is 5.55. The fraction of sp³-hybridized carbons (Fsp3) is 0.714. The number of anilines is 1. The third-order valence-corrected chi connectivity index (χ3v) is 5.73. The molecule has 2 aliphatic heterocycles. The lowest BCUT2D eigenvalue weighted by molar-refractivity contribution is 0.141. The SMILES string of the molecule is COc1cc(N2CCC(N3CCCCC3)CC2)ccc1C(C)(C)C. The molecule has 3 rings (SSSR count). The second kappa shape index (κ2) is 7.35. The largest absolute Gasteiger partial charge is 0.496 e. The lowest BCUT2D eigenvalue weighted by Gasteiger charge is -2.41. The van der Waals surface area contributed by atoms with Crippen molar-refractivity contribution in [1.82, 2.24) is 4.90 Å². The van der Waals surface area contributed by atoms with Crippen molar-refractivity contribution in [2.24, 2.45) is 0 Å². The minimum absolute atomic E-state index is 0.116. The van der Waals surface area contributed by atoms with E-state index in [0.717, 1.165) is 11.8 Å². The first-order chi connectivity index (χ1) is 11.5. The molecule has 0 bridgehead atoms.